The number of piperidine rings is 1. The fourth-order valence-electron chi connectivity index (χ4n) is 3.70. The standard InChI is InChI=1S/C21H20F3N3O2S/c22-21(23,24)17-5-1-3-14(9-17)11-19(28)27-7-2-4-15(12-27)10-18-25-20(26-29-18)16-6-8-30-13-16/h1,3,5-6,8-9,13,15H,2,4,7,10-12H2/t15-/m1/s1. The van der Waals surface area contributed by atoms with Crippen molar-refractivity contribution in [3.8, 4) is 11.4 Å². The van der Waals surface area contributed by atoms with Crippen LogP contribution in [0.1, 0.15) is 29.9 Å². The zero-order chi connectivity index (χ0) is 21.1. The largest absolute Gasteiger partial charge is 0.416 e. The molecule has 0 bridgehead atoms. The number of hydrogen-bond acceptors (Lipinski definition) is 5. The van der Waals surface area contributed by atoms with Crippen molar-refractivity contribution in [2.45, 2.75) is 31.9 Å². The van der Waals surface area contributed by atoms with Gasteiger partial charge in [0.25, 0.3) is 0 Å². The van der Waals surface area contributed by atoms with Gasteiger partial charge in [0.2, 0.25) is 17.6 Å². The fourth-order valence-corrected chi connectivity index (χ4v) is 4.33. The van der Waals surface area contributed by atoms with Gasteiger partial charge in [-0.15, -0.1) is 0 Å². The number of carbonyl (C=O) groups is 1. The molecule has 9 heteroatoms. The van der Waals surface area contributed by atoms with Crippen LogP contribution in [0, 0.1) is 5.92 Å². The molecule has 3 aromatic rings. The maximum absolute atomic E-state index is 12.9. The van der Waals surface area contributed by atoms with E-state index in [-0.39, 0.29) is 18.2 Å². The summed E-state index contributed by atoms with van der Waals surface area (Å²) in [6.07, 6.45) is -2.11. The summed E-state index contributed by atoms with van der Waals surface area (Å²) in [5.74, 6) is 1.11. The summed E-state index contributed by atoms with van der Waals surface area (Å²) < 4.78 is 44.0. The Morgan fingerprint density at radius 1 is 1.30 bits per heavy atom. The third-order valence-electron chi connectivity index (χ3n) is 5.19. The highest BCUT2D eigenvalue weighted by Crippen LogP contribution is 2.30. The molecule has 0 spiro atoms. The first-order valence-electron chi connectivity index (χ1n) is 9.67. The summed E-state index contributed by atoms with van der Waals surface area (Å²) in [4.78, 5) is 18.8. The van der Waals surface area contributed by atoms with E-state index in [9.17, 15) is 18.0 Å². The van der Waals surface area contributed by atoms with E-state index in [0.717, 1.165) is 30.5 Å². The Morgan fingerprint density at radius 2 is 2.17 bits per heavy atom. The third kappa shape index (κ3) is 4.89. The van der Waals surface area contributed by atoms with Gasteiger partial charge in [-0.3, -0.25) is 4.79 Å². The minimum absolute atomic E-state index is 0.0422. The molecular formula is C21H20F3N3O2S. The van der Waals surface area contributed by atoms with Gasteiger partial charge in [0, 0.05) is 30.5 Å². The Morgan fingerprint density at radius 3 is 2.93 bits per heavy atom. The maximum Gasteiger partial charge on any atom is 0.416 e. The van der Waals surface area contributed by atoms with Crippen molar-refractivity contribution >= 4 is 17.2 Å². The van der Waals surface area contributed by atoms with Crippen molar-refractivity contribution in [2.24, 2.45) is 5.92 Å². The Balaban J connectivity index is 1.36. The van der Waals surface area contributed by atoms with Crippen molar-refractivity contribution in [3.63, 3.8) is 0 Å². The number of halogens is 3. The molecule has 0 unspecified atom stereocenters. The normalized spacial score (nSPS) is 17.3. The molecule has 1 amide bonds. The van der Waals surface area contributed by atoms with Crippen LogP contribution in [0.25, 0.3) is 11.4 Å². The van der Waals surface area contributed by atoms with Crippen LogP contribution in [-0.4, -0.2) is 34.0 Å². The van der Waals surface area contributed by atoms with E-state index in [1.807, 2.05) is 16.8 Å². The zero-order valence-electron chi connectivity index (χ0n) is 16.1. The second kappa shape index (κ2) is 8.59. The minimum Gasteiger partial charge on any atom is -0.342 e. The molecule has 1 aromatic carbocycles. The molecule has 1 aliphatic rings. The SMILES string of the molecule is O=C(Cc1cccc(C(F)(F)F)c1)N1CCC[C@H](Cc2nc(-c3ccsc3)no2)C1. The topological polar surface area (TPSA) is 59.2 Å². The number of thiophene rings is 1. The number of likely N-dealkylation sites (tertiary alicyclic amines) is 1. The van der Waals surface area contributed by atoms with Gasteiger partial charge >= 0.3 is 6.18 Å². The monoisotopic (exact) mass is 435 g/mol. The van der Waals surface area contributed by atoms with Crippen LogP contribution >= 0.6 is 11.3 Å². The van der Waals surface area contributed by atoms with E-state index in [4.69, 9.17) is 4.52 Å². The summed E-state index contributed by atoms with van der Waals surface area (Å²) in [6, 6.07) is 6.88. The predicted octanol–water partition coefficient (Wildman–Crippen LogP) is 4.84. The smallest absolute Gasteiger partial charge is 0.342 e. The highest BCUT2D eigenvalue weighted by atomic mass is 32.1. The number of aromatic nitrogens is 2. The van der Waals surface area contributed by atoms with Gasteiger partial charge in [-0.1, -0.05) is 23.4 Å². The lowest BCUT2D eigenvalue weighted by molar-refractivity contribution is -0.138. The van der Waals surface area contributed by atoms with Crippen LogP contribution in [0.4, 0.5) is 13.2 Å². The van der Waals surface area contributed by atoms with Crippen molar-refractivity contribution in [1.82, 2.24) is 15.0 Å². The Hall–Kier alpha value is -2.68. The molecule has 1 fully saturated rings. The molecule has 1 atom stereocenters. The van der Waals surface area contributed by atoms with Gasteiger partial charge in [-0.2, -0.15) is 29.5 Å². The lowest BCUT2D eigenvalue weighted by Gasteiger charge is -2.32. The summed E-state index contributed by atoms with van der Waals surface area (Å²) in [5, 5.41) is 7.90. The second-order valence-electron chi connectivity index (χ2n) is 7.45. The maximum atomic E-state index is 12.9. The summed E-state index contributed by atoms with van der Waals surface area (Å²) in [5.41, 5.74) is 0.549. The van der Waals surface area contributed by atoms with Crippen molar-refractivity contribution in [3.05, 3.63) is 58.1 Å². The first-order chi connectivity index (χ1) is 14.4. The van der Waals surface area contributed by atoms with Gasteiger partial charge in [0.1, 0.15) is 0 Å². The average molecular weight is 435 g/mol. The molecular weight excluding hydrogens is 415 g/mol. The van der Waals surface area contributed by atoms with E-state index in [1.165, 1.54) is 6.07 Å². The molecule has 30 heavy (non-hydrogen) atoms. The summed E-state index contributed by atoms with van der Waals surface area (Å²) in [7, 11) is 0. The van der Waals surface area contributed by atoms with Crippen LogP contribution in [-0.2, 0) is 23.8 Å². The van der Waals surface area contributed by atoms with Crippen LogP contribution in [0.5, 0.6) is 0 Å². The number of alkyl halides is 3. The molecule has 0 saturated carbocycles. The first kappa shape index (κ1) is 20.6. The molecule has 4 rings (SSSR count). The van der Waals surface area contributed by atoms with E-state index in [0.29, 0.717) is 36.8 Å². The molecule has 0 radical (unpaired) electrons. The number of amides is 1. The van der Waals surface area contributed by atoms with E-state index < -0.39 is 11.7 Å². The van der Waals surface area contributed by atoms with Gasteiger partial charge in [0.05, 0.1) is 12.0 Å². The second-order valence-corrected chi connectivity index (χ2v) is 8.23. The molecule has 1 saturated heterocycles. The number of rotatable bonds is 5. The number of nitrogens with zero attached hydrogens (tertiary/aromatic N) is 3. The Bertz CT molecular complexity index is 1000. The number of benzene rings is 1. The highest BCUT2D eigenvalue weighted by molar-refractivity contribution is 7.08. The predicted molar refractivity (Wildman–Crippen MR) is 106 cm³/mol. The molecule has 1 aliphatic heterocycles. The van der Waals surface area contributed by atoms with E-state index in [2.05, 4.69) is 10.1 Å². The van der Waals surface area contributed by atoms with Crippen molar-refractivity contribution in [2.75, 3.05) is 13.1 Å². The Kier molecular flexibility index (Phi) is 5.90. The number of hydrogen-bond donors (Lipinski definition) is 0. The zero-order valence-corrected chi connectivity index (χ0v) is 16.9. The molecule has 0 N–H and O–H groups in total. The molecule has 0 aliphatic carbocycles. The van der Waals surface area contributed by atoms with E-state index >= 15 is 0 Å². The van der Waals surface area contributed by atoms with Crippen LogP contribution in [0.3, 0.4) is 0 Å². The van der Waals surface area contributed by atoms with Crippen LogP contribution in [0.2, 0.25) is 0 Å². The quantitative estimate of drug-likeness (QED) is 0.575. The van der Waals surface area contributed by atoms with Crippen LogP contribution in [0.15, 0.2) is 45.6 Å². The van der Waals surface area contributed by atoms with E-state index in [1.54, 1.807) is 22.3 Å². The average Bonchev–Trinajstić information content (AvgIpc) is 3.39. The molecule has 3 heterocycles. The van der Waals surface area contributed by atoms with Gasteiger partial charge in [-0.25, -0.2) is 0 Å². The van der Waals surface area contributed by atoms with Crippen molar-refractivity contribution < 1.29 is 22.5 Å². The first-order valence-corrected chi connectivity index (χ1v) is 10.6. The van der Waals surface area contributed by atoms with Gasteiger partial charge in [0.15, 0.2) is 0 Å². The third-order valence-corrected chi connectivity index (χ3v) is 5.88. The van der Waals surface area contributed by atoms with Crippen molar-refractivity contribution in [1.29, 1.82) is 0 Å². The van der Waals surface area contributed by atoms with Crippen LogP contribution < -0.4 is 0 Å². The minimum atomic E-state index is -4.42. The molecule has 158 valence electrons. The fraction of sp³-hybridized carbons (Fsp3) is 0.381. The Labute approximate surface area is 175 Å². The molecule has 5 nitrogen and oxygen atoms in total. The number of carbonyl (C=O) groups excluding carboxylic acids is 1. The van der Waals surface area contributed by atoms with Gasteiger partial charge in [-0.05, 0) is 41.8 Å². The lowest BCUT2D eigenvalue weighted by Crippen LogP contribution is -2.41. The summed E-state index contributed by atoms with van der Waals surface area (Å²) >= 11 is 1.56. The summed E-state index contributed by atoms with van der Waals surface area (Å²) in [6.45, 7) is 1.15. The lowest BCUT2D eigenvalue weighted by atomic mass is 9.94. The molecule has 2 aromatic heterocycles. The van der Waals surface area contributed by atoms with Gasteiger partial charge < -0.3 is 9.42 Å². The highest BCUT2D eigenvalue weighted by Gasteiger charge is 2.31.